The van der Waals surface area contributed by atoms with Gasteiger partial charge in [-0.3, -0.25) is 11.3 Å². The Morgan fingerprint density at radius 3 is 2.90 bits per heavy atom. The predicted octanol–water partition coefficient (Wildman–Crippen LogP) is 4.07. The molecule has 0 radical (unpaired) electrons. The third-order valence-corrected chi connectivity index (χ3v) is 5.02. The molecule has 0 heterocycles. The van der Waals surface area contributed by atoms with Gasteiger partial charge in [0.05, 0.1) is 0 Å². The van der Waals surface area contributed by atoms with Crippen LogP contribution in [0.4, 0.5) is 4.39 Å². The lowest BCUT2D eigenvalue weighted by molar-refractivity contribution is 0.207. The highest BCUT2D eigenvalue weighted by molar-refractivity contribution is 6.31. The van der Waals surface area contributed by atoms with Crippen LogP contribution in [0.15, 0.2) is 18.2 Å². The summed E-state index contributed by atoms with van der Waals surface area (Å²) in [7, 11) is 0. The highest BCUT2D eigenvalue weighted by Gasteiger charge is 2.28. The Kier molecular flexibility index (Phi) is 5.82. The molecule has 1 aliphatic carbocycles. The molecule has 1 aromatic rings. The molecule has 1 aromatic carbocycles. The van der Waals surface area contributed by atoms with Crippen molar-refractivity contribution >= 4 is 11.6 Å². The molecule has 3 N–H and O–H groups in total. The van der Waals surface area contributed by atoms with Gasteiger partial charge < -0.3 is 0 Å². The fourth-order valence-electron chi connectivity index (χ4n) is 3.38. The molecule has 1 saturated carbocycles. The molecular formula is C16H24ClFN2. The molecule has 0 aromatic heterocycles. The van der Waals surface area contributed by atoms with E-state index in [1.54, 1.807) is 12.1 Å². The first-order chi connectivity index (χ1) is 9.65. The van der Waals surface area contributed by atoms with E-state index in [-0.39, 0.29) is 11.9 Å². The van der Waals surface area contributed by atoms with E-state index in [4.69, 9.17) is 17.4 Å². The van der Waals surface area contributed by atoms with Gasteiger partial charge in [-0.1, -0.05) is 43.9 Å². The molecule has 3 atom stereocenters. The van der Waals surface area contributed by atoms with Crippen LogP contribution in [0.3, 0.4) is 0 Å². The molecule has 0 amide bonds. The highest BCUT2D eigenvalue weighted by atomic mass is 35.5. The van der Waals surface area contributed by atoms with Gasteiger partial charge in [-0.15, -0.1) is 0 Å². The van der Waals surface area contributed by atoms with E-state index in [2.05, 4.69) is 12.3 Å². The minimum Gasteiger partial charge on any atom is -0.271 e. The van der Waals surface area contributed by atoms with E-state index in [0.717, 1.165) is 12.3 Å². The van der Waals surface area contributed by atoms with Crippen LogP contribution >= 0.6 is 11.6 Å². The smallest absolute Gasteiger partial charge is 0.127 e. The first-order valence-electron chi connectivity index (χ1n) is 7.54. The van der Waals surface area contributed by atoms with E-state index < -0.39 is 0 Å². The lowest BCUT2D eigenvalue weighted by Crippen LogP contribution is -2.44. The van der Waals surface area contributed by atoms with Crippen molar-refractivity contribution < 1.29 is 4.39 Å². The highest BCUT2D eigenvalue weighted by Crippen LogP contribution is 2.34. The van der Waals surface area contributed by atoms with Crippen molar-refractivity contribution in [2.75, 3.05) is 0 Å². The SMILES string of the molecule is CCC1CCCC(C(Cc2c(F)cccc2Cl)NN)C1. The Balaban J connectivity index is 2.08. The number of halogens is 2. The van der Waals surface area contributed by atoms with E-state index in [0.29, 0.717) is 22.9 Å². The van der Waals surface area contributed by atoms with Crippen LogP contribution in [0, 0.1) is 17.7 Å². The van der Waals surface area contributed by atoms with E-state index in [1.807, 2.05) is 0 Å². The van der Waals surface area contributed by atoms with Gasteiger partial charge in [0.15, 0.2) is 0 Å². The quantitative estimate of drug-likeness (QED) is 0.635. The Hall–Kier alpha value is -0.640. The van der Waals surface area contributed by atoms with Crippen molar-refractivity contribution in [1.29, 1.82) is 0 Å². The van der Waals surface area contributed by atoms with E-state index in [9.17, 15) is 4.39 Å². The maximum Gasteiger partial charge on any atom is 0.127 e. The van der Waals surface area contributed by atoms with Gasteiger partial charge in [0, 0.05) is 16.6 Å². The third-order valence-electron chi connectivity index (χ3n) is 4.67. The molecule has 0 aliphatic heterocycles. The molecule has 20 heavy (non-hydrogen) atoms. The van der Waals surface area contributed by atoms with Crippen LogP contribution in [-0.4, -0.2) is 6.04 Å². The van der Waals surface area contributed by atoms with Gasteiger partial charge in [-0.05, 0) is 43.2 Å². The number of hydrogen-bond acceptors (Lipinski definition) is 2. The summed E-state index contributed by atoms with van der Waals surface area (Å²) in [5, 5.41) is 0.494. The van der Waals surface area contributed by atoms with Crippen LogP contribution in [0.5, 0.6) is 0 Å². The maximum absolute atomic E-state index is 13.9. The lowest BCUT2D eigenvalue weighted by atomic mass is 9.75. The van der Waals surface area contributed by atoms with Crippen LogP contribution < -0.4 is 11.3 Å². The largest absolute Gasteiger partial charge is 0.271 e. The van der Waals surface area contributed by atoms with Crippen molar-refractivity contribution in [3.8, 4) is 0 Å². The van der Waals surface area contributed by atoms with Gasteiger partial charge in [-0.25, -0.2) is 4.39 Å². The number of nitrogens with one attached hydrogen (secondary N) is 1. The first-order valence-corrected chi connectivity index (χ1v) is 7.92. The molecule has 1 aliphatic rings. The van der Waals surface area contributed by atoms with Crippen LogP contribution in [0.2, 0.25) is 5.02 Å². The zero-order chi connectivity index (χ0) is 14.5. The molecule has 1 fully saturated rings. The van der Waals surface area contributed by atoms with E-state index >= 15 is 0 Å². The average molecular weight is 299 g/mol. The zero-order valence-electron chi connectivity index (χ0n) is 12.0. The monoisotopic (exact) mass is 298 g/mol. The molecule has 0 spiro atoms. The Morgan fingerprint density at radius 1 is 1.45 bits per heavy atom. The Bertz CT molecular complexity index is 418. The third kappa shape index (κ3) is 3.72. The number of hydrogen-bond donors (Lipinski definition) is 2. The number of hydrazine groups is 1. The minimum absolute atomic E-state index is 0.0961. The number of benzene rings is 1. The molecule has 3 unspecified atom stereocenters. The van der Waals surface area contributed by atoms with Crippen LogP contribution in [-0.2, 0) is 6.42 Å². The summed E-state index contributed by atoms with van der Waals surface area (Å²) in [6.07, 6.45) is 6.67. The van der Waals surface area contributed by atoms with Gasteiger partial charge in [0.25, 0.3) is 0 Å². The minimum atomic E-state index is -0.236. The summed E-state index contributed by atoms with van der Waals surface area (Å²) in [6, 6.07) is 4.94. The summed E-state index contributed by atoms with van der Waals surface area (Å²) < 4.78 is 13.9. The second kappa shape index (κ2) is 7.39. The molecule has 2 rings (SSSR count). The number of rotatable bonds is 5. The predicted molar refractivity (Wildman–Crippen MR) is 82.0 cm³/mol. The number of nitrogens with two attached hydrogens (primary N) is 1. The molecular weight excluding hydrogens is 275 g/mol. The first kappa shape index (κ1) is 15.7. The second-order valence-electron chi connectivity index (χ2n) is 5.88. The van der Waals surface area contributed by atoms with Gasteiger partial charge >= 0.3 is 0 Å². The lowest BCUT2D eigenvalue weighted by Gasteiger charge is -2.34. The second-order valence-corrected chi connectivity index (χ2v) is 6.29. The molecule has 112 valence electrons. The Labute approximate surface area is 125 Å². The molecule has 0 saturated heterocycles. The average Bonchev–Trinajstić information content (AvgIpc) is 2.47. The zero-order valence-corrected chi connectivity index (χ0v) is 12.8. The van der Waals surface area contributed by atoms with Gasteiger partial charge in [-0.2, -0.15) is 0 Å². The normalized spacial score (nSPS) is 24.6. The molecule has 4 heteroatoms. The molecule has 0 bridgehead atoms. The van der Waals surface area contributed by atoms with Crippen LogP contribution in [0.1, 0.15) is 44.6 Å². The van der Waals surface area contributed by atoms with Crippen molar-refractivity contribution in [3.63, 3.8) is 0 Å². The van der Waals surface area contributed by atoms with Crippen molar-refractivity contribution in [2.45, 2.75) is 51.5 Å². The van der Waals surface area contributed by atoms with Crippen molar-refractivity contribution in [1.82, 2.24) is 5.43 Å². The van der Waals surface area contributed by atoms with Gasteiger partial charge in [0.2, 0.25) is 0 Å². The topological polar surface area (TPSA) is 38.0 Å². The fourth-order valence-corrected chi connectivity index (χ4v) is 3.62. The maximum atomic E-state index is 13.9. The van der Waals surface area contributed by atoms with Crippen LogP contribution in [0.25, 0.3) is 0 Å². The molecule has 2 nitrogen and oxygen atoms in total. The van der Waals surface area contributed by atoms with Gasteiger partial charge in [0.1, 0.15) is 5.82 Å². The summed E-state index contributed by atoms with van der Waals surface area (Å²) in [6.45, 7) is 2.24. The van der Waals surface area contributed by atoms with Crippen molar-refractivity contribution in [2.24, 2.45) is 17.7 Å². The summed E-state index contributed by atoms with van der Waals surface area (Å²) in [5.74, 6) is 6.77. The summed E-state index contributed by atoms with van der Waals surface area (Å²) in [5.41, 5.74) is 3.47. The van der Waals surface area contributed by atoms with E-state index in [1.165, 1.54) is 31.7 Å². The Morgan fingerprint density at radius 2 is 2.25 bits per heavy atom. The summed E-state index contributed by atoms with van der Waals surface area (Å²) in [4.78, 5) is 0. The summed E-state index contributed by atoms with van der Waals surface area (Å²) >= 11 is 6.12. The van der Waals surface area contributed by atoms with Crippen molar-refractivity contribution in [3.05, 3.63) is 34.6 Å². The standard InChI is InChI=1S/C16H24ClFN2/c1-2-11-5-3-6-12(9-11)16(20-19)10-13-14(17)7-4-8-15(13)18/h4,7-8,11-12,16,20H,2-3,5-6,9-10,19H2,1H3. The fraction of sp³-hybridized carbons (Fsp3) is 0.625.